The number of carbonyl (C=O) groups is 3. The van der Waals surface area contributed by atoms with Crippen LogP contribution in [0.4, 0.5) is 5.69 Å². The number of allylic oxidation sites excluding steroid dienone is 1. The van der Waals surface area contributed by atoms with Crippen molar-refractivity contribution in [1.82, 2.24) is 5.01 Å². The van der Waals surface area contributed by atoms with Crippen LogP contribution in [0.3, 0.4) is 0 Å². The van der Waals surface area contributed by atoms with Gasteiger partial charge in [-0.1, -0.05) is 66.7 Å². The van der Waals surface area contributed by atoms with E-state index in [0.29, 0.717) is 11.3 Å². The molecule has 4 atom stereocenters. The second-order valence-corrected chi connectivity index (χ2v) is 8.29. The maximum absolute atomic E-state index is 13.7. The summed E-state index contributed by atoms with van der Waals surface area (Å²) < 4.78 is 0. The minimum Gasteiger partial charge on any atom is -0.292 e. The molecule has 3 heterocycles. The Kier molecular flexibility index (Phi) is 4.08. The first-order chi connectivity index (χ1) is 15.6. The Hall–Kier alpha value is -4.06. The summed E-state index contributed by atoms with van der Waals surface area (Å²) in [6.07, 6.45) is 5.22. The fourth-order valence-electron chi connectivity index (χ4n) is 5.18. The van der Waals surface area contributed by atoms with Gasteiger partial charge in [-0.3, -0.25) is 19.4 Å². The van der Waals surface area contributed by atoms with Crippen molar-refractivity contribution in [3.05, 3.63) is 90.5 Å². The fourth-order valence-corrected chi connectivity index (χ4v) is 5.18. The van der Waals surface area contributed by atoms with Crippen molar-refractivity contribution in [2.45, 2.75) is 12.1 Å². The summed E-state index contributed by atoms with van der Waals surface area (Å²) in [5.41, 5.74) is 1.04. The topological polar surface area (TPSA) is 70.0 Å². The zero-order valence-electron chi connectivity index (χ0n) is 17.0. The van der Waals surface area contributed by atoms with E-state index in [4.69, 9.17) is 0 Å². The Labute approximate surface area is 184 Å². The molecular formula is C26H19N3O3. The highest BCUT2D eigenvalue weighted by Crippen LogP contribution is 2.46. The van der Waals surface area contributed by atoms with Crippen molar-refractivity contribution in [3.8, 4) is 0 Å². The third kappa shape index (κ3) is 2.59. The van der Waals surface area contributed by atoms with Gasteiger partial charge in [-0.05, 0) is 29.0 Å². The predicted molar refractivity (Wildman–Crippen MR) is 121 cm³/mol. The van der Waals surface area contributed by atoms with Crippen LogP contribution in [0.1, 0.15) is 10.4 Å². The van der Waals surface area contributed by atoms with Crippen LogP contribution in [0.5, 0.6) is 0 Å². The van der Waals surface area contributed by atoms with E-state index in [1.165, 1.54) is 4.90 Å². The average Bonchev–Trinajstić information content (AvgIpc) is 3.31. The van der Waals surface area contributed by atoms with Crippen molar-refractivity contribution >= 4 is 40.3 Å². The molecule has 1 unspecified atom stereocenters. The van der Waals surface area contributed by atoms with Crippen LogP contribution in [0.2, 0.25) is 0 Å². The van der Waals surface area contributed by atoms with Gasteiger partial charge in [0.15, 0.2) is 5.78 Å². The van der Waals surface area contributed by atoms with E-state index in [-0.39, 0.29) is 17.6 Å². The SMILES string of the molecule is O=C(c1ccccc1)[C@H]1[C@H]2C(=O)N(c3ccc4ccccc4c3)C(=O)[C@H]2C2C=CC=NN21. The Morgan fingerprint density at radius 3 is 2.34 bits per heavy atom. The van der Waals surface area contributed by atoms with Crippen molar-refractivity contribution < 1.29 is 14.4 Å². The number of anilines is 1. The lowest BCUT2D eigenvalue weighted by atomic mass is 9.86. The van der Waals surface area contributed by atoms with E-state index in [0.717, 1.165) is 10.8 Å². The van der Waals surface area contributed by atoms with Gasteiger partial charge < -0.3 is 0 Å². The second-order valence-electron chi connectivity index (χ2n) is 8.29. The molecule has 0 bridgehead atoms. The summed E-state index contributed by atoms with van der Waals surface area (Å²) in [7, 11) is 0. The van der Waals surface area contributed by atoms with Crippen molar-refractivity contribution in [3.63, 3.8) is 0 Å². The third-order valence-corrected chi connectivity index (χ3v) is 6.61. The first-order valence-electron chi connectivity index (χ1n) is 10.6. The number of carbonyl (C=O) groups excluding carboxylic acids is 3. The number of Topliss-reactive ketones (excluding diaryl/α,β-unsaturated/α-hetero) is 1. The van der Waals surface area contributed by atoms with Crippen LogP contribution in [-0.2, 0) is 9.59 Å². The molecule has 6 nitrogen and oxygen atoms in total. The van der Waals surface area contributed by atoms with Crippen molar-refractivity contribution in [1.29, 1.82) is 0 Å². The molecule has 6 heteroatoms. The van der Waals surface area contributed by atoms with E-state index in [9.17, 15) is 14.4 Å². The van der Waals surface area contributed by atoms with E-state index < -0.39 is 23.9 Å². The third-order valence-electron chi connectivity index (χ3n) is 6.61. The molecule has 3 aliphatic heterocycles. The number of hydrogen-bond donors (Lipinski definition) is 0. The highest BCUT2D eigenvalue weighted by molar-refractivity contribution is 6.25. The van der Waals surface area contributed by atoms with Crippen LogP contribution < -0.4 is 4.90 Å². The maximum atomic E-state index is 13.7. The van der Waals surface area contributed by atoms with Crippen LogP contribution in [0.15, 0.2) is 90.0 Å². The monoisotopic (exact) mass is 421 g/mol. The summed E-state index contributed by atoms with van der Waals surface area (Å²) in [5, 5.41) is 8.00. The number of nitrogens with zero attached hydrogens (tertiary/aromatic N) is 3. The zero-order valence-corrected chi connectivity index (χ0v) is 17.0. The molecule has 32 heavy (non-hydrogen) atoms. The van der Waals surface area contributed by atoms with Crippen molar-refractivity contribution in [2.24, 2.45) is 16.9 Å². The molecule has 6 rings (SSSR count). The number of fused-ring (bicyclic) bond motifs is 4. The quantitative estimate of drug-likeness (QED) is 0.480. The molecule has 0 N–H and O–H groups in total. The standard InChI is InChI=1S/C26H19N3O3/c30-24(17-8-2-1-3-9-17)23-22-21(20-11-6-14-27-29(20)23)25(31)28(26(22)32)19-13-12-16-7-4-5-10-18(16)15-19/h1-15,20-23H/t20?,21-,22-,23+/m0/s1. The smallest absolute Gasteiger partial charge is 0.240 e. The largest absolute Gasteiger partial charge is 0.292 e. The number of rotatable bonds is 3. The molecule has 2 saturated heterocycles. The molecule has 2 amide bonds. The van der Waals surface area contributed by atoms with E-state index >= 15 is 0 Å². The van der Waals surface area contributed by atoms with Gasteiger partial charge in [-0.25, -0.2) is 4.90 Å². The highest BCUT2D eigenvalue weighted by Gasteiger charge is 2.64. The highest BCUT2D eigenvalue weighted by atomic mass is 16.2. The lowest BCUT2D eigenvalue weighted by Gasteiger charge is -2.30. The van der Waals surface area contributed by atoms with Crippen LogP contribution >= 0.6 is 0 Å². The number of imide groups is 1. The number of hydrogen-bond acceptors (Lipinski definition) is 5. The number of benzene rings is 3. The fraction of sp³-hybridized carbons (Fsp3) is 0.154. The van der Waals surface area contributed by atoms with Gasteiger partial charge in [0.2, 0.25) is 11.8 Å². The Bertz CT molecular complexity index is 1330. The molecule has 2 fully saturated rings. The van der Waals surface area contributed by atoms with E-state index in [2.05, 4.69) is 5.10 Å². The summed E-state index contributed by atoms with van der Waals surface area (Å²) in [5.74, 6) is -2.26. The number of hydrazone groups is 1. The van der Waals surface area contributed by atoms with Gasteiger partial charge in [-0.15, -0.1) is 0 Å². The van der Waals surface area contributed by atoms with Gasteiger partial charge in [-0.2, -0.15) is 5.10 Å². The minimum atomic E-state index is -0.824. The molecule has 0 aliphatic carbocycles. The van der Waals surface area contributed by atoms with E-state index in [1.54, 1.807) is 47.6 Å². The van der Waals surface area contributed by atoms with E-state index in [1.807, 2.05) is 48.5 Å². The first-order valence-corrected chi connectivity index (χ1v) is 10.6. The second kappa shape index (κ2) is 6.99. The lowest BCUT2D eigenvalue weighted by Crippen LogP contribution is -2.46. The molecule has 0 spiro atoms. The molecular weight excluding hydrogens is 402 g/mol. The maximum Gasteiger partial charge on any atom is 0.240 e. The Morgan fingerprint density at radius 1 is 0.812 bits per heavy atom. The van der Waals surface area contributed by atoms with Crippen LogP contribution in [-0.4, -0.2) is 40.9 Å². The molecule has 3 aromatic carbocycles. The van der Waals surface area contributed by atoms with Gasteiger partial charge in [0.1, 0.15) is 6.04 Å². The molecule has 0 saturated carbocycles. The Balaban J connectivity index is 1.44. The summed E-state index contributed by atoms with van der Waals surface area (Å²) >= 11 is 0. The number of ketones is 1. The van der Waals surface area contributed by atoms with Gasteiger partial charge in [0, 0.05) is 11.8 Å². The molecule has 3 aromatic rings. The lowest BCUT2D eigenvalue weighted by molar-refractivity contribution is -0.123. The minimum absolute atomic E-state index is 0.197. The average molecular weight is 421 g/mol. The van der Waals surface area contributed by atoms with Crippen molar-refractivity contribution in [2.75, 3.05) is 4.90 Å². The Morgan fingerprint density at radius 2 is 1.53 bits per heavy atom. The van der Waals surface area contributed by atoms with Crippen LogP contribution in [0.25, 0.3) is 10.8 Å². The molecule has 156 valence electrons. The van der Waals surface area contributed by atoms with Gasteiger partial charge in [0.25, 0.3) is 0 Å². The summed E-state index contributed by atoms with van der Waals surface area (Å²) in [6.45, 7) is 0. The number of amides is 2. The zero-order chi connectivity index (χ0) is 21.8. The van der Waals surface area contributed by atoms with Crippen LogP contribution in [0, 0.1) is 11.8 Å². The predicted octanol–water partition coefficient (Wildman–Crippen LogP) is 3.44. The first kappa shape index (κ1) is 18.7. The molecule has 3 aliphatic rings. The molecule has 0 radical (unpaired) electrons. The molecule has 0 aromatic heterocycles. The normalized spacial score (nSPS) is 26.0. The summed E-state index contributed by atoms with van der Waals surface area (Å²) in [6, 6.07) is 21.0. The summed E-state index contributed by atoms with van der Waals surface area (Å²) in [4.78, 5) is 42.0. The van der Waals surface area contributed by atoms with Gasteiger partial charge >= 0.3 is 0 Å². The van der Waals surface area contributed by atoms with Gasteiger partial charge in [0.05, 0.1) is 23.6 Å².